The molecule has 1 aromatic heterocycles. The zero-order valence-electron chi connectivity index (χ0n) is 16.6. The zero-order chi connectivity index (χ0) is 22.1. The molecule has 0 bridgehead atoms. The summed E-state index contributed by atoms with van der Waals surface area (Å²) in [7, 11) is 0. The van der Waals surface area contributed by atoms with Crippen molar-refractivity contribution in [2.24, 2.45) is 11.7 Å². The van der Waals surface area contributed by atoms with Gasteiger partial charge < -0.3 is 20.7 Å². The third-order valence-corrected chi connectivity index (χ3v) is 5.36. The summed E-state index contributed by atoms with van der Waals surface area (Å²) in [6, 6.07) is 6.14. The van der Waals surface area contributed by atoms with E-state index in [9.17, 15) is 18.4 Å². The van der Waals surface area contributed by atoms with Gasteiger partial charge in [0.15, 0.2) is 5.82 Å². The van der Waals surface area contributed by atoms with Crippen LogP contribution < -0.4 is 11.1 Å². The number of likely N-dealkylation sites (tertiary alicyclic amines) is 1. The van der Waals surface area contributed by atoms with Crippen molar-refractivity contribution in [3.05, 3.63) is 36.2 Å². The third-order valence-electron chi connectivity index (χ3n) is 5.36. The number of rotatable bonds is 6. The summed E-state index contributed by atoms with van der Waals surface area (Å²) >= 11 is 0. The number of carbonyl (C=O) groups is 2. The summed E-state index contributed by atoms with van der Waals surface area (Å²) in [6.07, 6.45) is -0.803. The number of aromatic nitrogens is 2. The fraction of sp³-hybridized carbons (Fsp3) is 0.400. The van der Waals surface area contributed by atoms with Crippen molar-refractivity contribution in [2.75, 3.05) is 19.7 Å². The van der Waals surface area contributed by atoms with Crippen molar-refractivity contribution in [1.29, 1.82) is 5.41 Å². The van der Waals surface area contributed by atoms with Crippen molar-refractivity contribution >= 4 is 34.6 Å². The van der Waals surface area contributed by atoms with Gasteiger partial charge in [-0.3, -0.25) is 19.6 Å². The van der Waals surface area contributed by atoms with Gasteiger partial charge in [-0.2, -0.15) is 0 Å². The van der Waals surface area contributed by atoms with Gasteiger partial charge in [0, 0.05) is 31.5 Å². The van der Waals surface area contributed by atoms with Gasteiger partial charge in [0.2, 0.25) is 17.7 Å². The van der Waals surface area contributed by atoms with Crippen LogP contribution >= 0.6 is 0 Å². The standard InChI is InChI=1S/C20H22F2N6O3/c21-18(22)19-26-12-3-1-2-4-14(12)28(19)15(23)7-16(24)31-10-11-8-27(9-11)20(30)13-5-6-17(29)25-13/h1-4,7,11,13,18,24H,5-6,8-10,23H2,(H,25,29)/b15-7+,24-16?/t13-/m1/s1. The van der Waals surface area contributed by atoms with Crippen LogP contribution in [0.4, 0.5) is 8.78 Å². The van der Waals surface area contributed by atoms with E-state index in [1.54, 1.807) is 29.2 Å². The summed E-state index contributed by atoms with van der Waals surface area (Å²) in [4.78, 5) is 29.1. The predicted octanol–water partition coefficient (Wildman–Crippen LogP) is 1.46. The van der Waals surface area contributed by atoms with E-state index in [4.69, 9.17) is 15.9 Å². The quantitative estimate of drug-likeness (QED) is 0.471. The van der Waals surface area contributed by atoms with Crippen molar-refractivity contribution in [3.63, 3.8) is 0 Å². The summed E-state index contributed by atoms with van der Waals surface area (Å²) in [5.74, 6) is -1.05. The Morgan fingerprint density at radius 3 is 2.81 bits per heavy atom. The average Bonchev–Trinajstić information content (AvgIpc) is 3.30. The molecule has 1 aromatic carbocycles. The zero-order valence-corrected chi connectivity index (χ0v) is 16.6. The van der Waals surface area contributed by atoms with E-state index in [0.29, 0.717) is 37.0 Å². The number of hydrogen-bond donors (Lipinski definition) is 3. The molecule has 2 saturated heterocycles. The Kier molecular flexibility index (Phi) is 5.57. The molecule has 11 heteroatoms. The predicted molar refractivity (Wildman–Crippen MR) is 108 cm³/mol. The lowest BCUT2D eigenvalue weighted by Gasteiger charge is -2.40. The molecule has 2 aliphatic rings. The maximum atomic E-state index is 13.4. The first-order chi connectivity index (χ1) is 14.8. The number of hydrogen-bond acceptors (Lipinski definition) is 6. The number of nitrogens with two attached hydrogens (primary N) is 1. The maximum absolute atomic E-state index is 13.4. The van der Waals surface area contributed by atoms with E-state index in [-0.39, 0.29) is 36.1 Å². The van der Waals surface area contributed by atoms with Gasteiger partial charge in [-0.25, -0.2) is 13.8 Å². The van der Waals surface area contributed by atoms with Crippen LogP contribution in [-0.4, -0.2) is 57.9 Å². The topological polar surface area (TPSA) is 126 Å². The maximum Gasteiger partial charge on any atom is 0.296 e. The van der Waals surface area contributed by atoms with Crippen LogP contribution in [0.3, 0.4) is 0 Å². The van der Waals surface area contributed by atoms with E-state index in [1.807, 2.05) is 0 Å². The van der Waals surface area contributed by atoms with Gasteiger partial charge in [-0.15, -0.1) is 0 Å². The van der Waals surface area contributed by atoms with E-state index in [2.05, 4.69) is 10.3 Å². The molecule has 2 aromatic rings. The van der Waals surface area contributed by atoms with Gasteiger partial charge in [0.05, 0.1) is 17.6 Å². The Morgan fingerprint density at radius 1 is 1.39 bits per heavy atom. The number of nitrogens with one attached hydrogen (secondary N) is 2. The van der Waals surface area contributed by atoms with Crippen LogP contribution in [-0.2, 0) is 14.3 Å². The fourth-order valence-electron chi connectivity index (χ4n) is 3.79. The number of alkyl halides is 2. The molecule has 4 N–H and O–H groups in total. The summed E-state index contributed by atoms with van der Waals surface area (Å²) in [5.41, 5.74) is 6.77. The number of imidazole rings is 1. The molecule has 0 aliphatic carbocycles. The molecule has 0 saturated carbocycles. The molecular formula is C20H22F2N6O3. The number of para-hydroxylation sites is 2. The Balaban J connectivity index is 1.33. The first kappa shape index (κ1) is 20.8. The second kappa shape index (κ2) is 8.32. The molecule has 31 heavy (non-hydrogen) atoms. The second-order valence-electron chi connectivity index (χ2n) is 7.61. The molecule has 1 atom stereocenters. The molecule has 3 heterocycles. The van der Waals surface area contributed by atoms with Gasteiger partial charge in [-0.1, -0.05) is 12.1 Å². The number of benzene rings is 1. The van der Waals surface area contributed by atoms with E-state index in [1.165, 1.54) is 0 Å². The molecule has 2 amide bonds. The van der Waals surface area contributed by atoms with Crippen molar-refractivity contribution < 1.29 is 23.1 Å². The minimum atomic E-state index is -2.84. The van der Waals surface area contributed by atoms with Crippen LogP contribution in [0.1, 0.15) is 25.1 Å². The first-order valence-electron chi connectivity index (χ1n) is 9.86. The first-order valence-corrected chi connectivity index (χ1v) is 9.86. The summed E-state index contributed by atoms with van der Waals surface area (Å²) in [5, 5.41) is 10.6. The highest BCUT2D eigenvalue weighted by Crippen LogP contribution is 2.26. The third kappa shape index (κ3) is 4.21. The van der Waals surface area contributed by atoms with Gasteiger partial charge in [0.25, 0.3) is 6.43 Å². The number of carbonyl (C=O) groups excluding carboxylic acids is 2. The normalized spacial score (nSPS) is 19.6. The summed E-state index contributed by atoms with van der Waals surface area (Å²) < 4.78 is 33.3. The largest absolute Gasteiger partial charge is 0.478 e. The highest BCUT2D eigenvalue weighted by atomic mass is 19.3. The average molecular weight is 432 g/mol. The Hall–Kier alpha value is -3.50. The van der Waals surface area contributed by atoms with Crippen molar-refractivity contribution in [3.8, 4) is 0 Å². The number of fused-ring (bicyclic) bond motifs is 1. The number of halogens is 2. The SMILES string of the molecule is N=C(/C=C(\N)n1c(C(F)F)nc2ccccc21)OCC1CN(C(=O)[C@H]2CCC(=O)N2)C1. The van der Waals surface area contributed by atoms with Crippen LogP contribution in [0.2, 0.25) is 0 Å². The molecule has 0 radical (unpaired) electrons. The van der Waals surface area contributed by atoms with Gasteiger partial charge >= 0.3 is 0 Å². The smallest absolute Gasteiger partial charge is 0.296 e. The monoisotopic (exact) mass is 432 g/mol. The number of nitrogens with zero attached hydrogens (tertiary/aromatic N) is 3. The highest BCUT2D eigenvalue weighted by molar-refractivity contribution is 5.92. The van der Waals surface area contributed by atoms with Crippen LogP contribution in [0.25, 0.3) is 16.9 Å². The fourth-order valence-corrected chi connectivity index (χ4v) is 3.79. The molecule has 0 spiro atoms. The van der Waals surface area contributed by atoms with E-state index < -0.39 is 18.3 Å². The van der Waals surface area contributed by atoms with E-state index >= 15 is 0 Å². The minimum absolute atomic E-state index is 0.0433. The van der Waals surface area contributed by atoms with Crippen LogP contribution in [0, 0.1) is 11.3 Å². The summed E-state index contributed by atoms with van der Waals surface area (Å²) in [6.45, 7) is 1.13. The Labute approximate surface area is 176 Å². The molecule has 2 aliphatic heterocycles. The number of ether oxygens (including phenoxy) is 1. The van der Waals surface area contributed by atoms with Crippen molar-refractivity contribution in [1.82, 2.24) is 19.8 Å². The van der Waals surface area contributed by atoms with Gasteiger partial charge in [-0.05, 0) is 18.6 Å². The van der Waals surface area contributed by atoms with Crippen molar-refractivity contribution in [2.45, 2.75) is 25.3 Å². The lowest BCUT2D eigenvalue weighted by molar-refractivity contribution is -0.141. The van der Waals surface area contributed by atoms with Crippen LogP contribution in [0.5, 0.6) is 0 Å². The van der Waals surface area contributed by atoms with Crippen LogP contribution in [0.15, 0.2) is 30.3 Å². The highest BCUT2D eigenvalue weighted by Gasteiger charge is 2.37. The number of amides is 2. The molecule has 4 rings (SSSR count). The second-order valence-corrected chi connectivity index (χ2v) is 7.61. The minimum Gasteiger partial charge on any atom is -0.478 e. The lowest BCUT2D eigenvalue weighted by atomic mass is 9.99. The van der Waals surface area contributed by atoms with Gasteiger partial charge in [0.1, 0.15) is 11.9 Å². The lowest BCUT2D eigenvalue weighted by Crippen LogP contribution is -2.56. The molecule has 164 valence electrons. The molecular weight excluding hydrogens is 410 g/mol. The Bertz CT molecular complexity index is 1060. The Morgan fingerprint density at radius 2 is 2.13 bits per heavy atom. The van der Waals surface area contributed by atoms with E-state index in [0.717, 1.165) is 10.6 Å². The molecule has 2 fully saturated rings. The molecule has 9 nitrogen and oxygen atoms in total. The molecule has 0 unspecified atom stereocenters.